The summed E-state index contributed by atoms with van der Waals surface area (Å²) in [6.07, 6.45) is 1.12. The summed E-state index contributed by atoms with van der Waals surface area (Å²) in [6, 6.07) is 0. The van der Waals surface area contributed by atoms with Gasteiger partial charge in [-0.15, -0.1) is 11.3 Å². The lowest BCUT2D eigenvalue weighted by atomic mass is 9.88. The molecule has 2 fully saturated rings. The molecule has 0 spiro atoms. The number of piperidine rings is 1. The summed E-state index contributed by atoms with van der Waals surface area (Å²) in [4.78, 5) is 21.0. The first-order valence-corrected chi connectivity index (χ1v) is 9.62. The molecule has 1 N–H and O–H groups in total. The van der Waals surface area contributed by atoms with Crippen LogP contribution in [-0.4, -0.2) is 65.2 Å². The van der Waals surface area contributed by atoms with Crippen molar-refractivity contribution < 1.29 is 14.6 Å². The van der Waals surface area contributed by atoms with Crippen LogP contribution in [0, 0.1) is 5.92 Å². The molecule has 3 heterocycles. The van der Waals surface area contributed by atoms with Crippen molar-refractivity contribution in [3.05, 3.63) is 16.1 Å². The Balaban J connectivity index is 1.59. The summed E-state index contributed by atoms with van der Waals surface area (Å²) < 4.78 is 5.37. The zero-order chi connectivity index (χ0) is 17.2. The maximum absolute atomic E-state index is 12.1. The molecule has 2 aliphatic rings. The van der Waals surface area contributed by atoms with Gasteiger partial charge in [0.15, 0.2) is 0 Å². The van der Waals surface area contributed by atoms with E-state index in [1.165, 1.54) is 0 Å². The number of carbonyl (C=O) groups is 1. The summed E-state index contributed by atoms with van der Waals surface area (Å²) in [6.45, 7) is 9.29. The van der Waals surface area contributed by atoms with E-state index in [1.54, 1.807) is 11.3 Å². The number of hydrogen-bond acceptors (Lipinski definition) is 6. The van der Waals surface area contributed by atoms with Crippen molar-refractivity contribution in [3.8, 4) is 0 Å². The molecule has 24 heavy (non-hydrogen) atoms. The van der Waals surface area contributed by atoms with E-state index in [-0.39, 0.29) is 11.8 Å². The van der Waals surface area contributed by atoms with Crippen LogP contribution in [0.5, 0.6) is 0 Å². The molecule has 1 aromatic rings. The molecule has 2 aliphatic heterocycles. The van der Waals surface area contributed by atoms with Crippen LogP contribution in [0.3, 0.4) is 0 Å². The highest BCUT2D eigenvalue weighted by atomic mass is 32.1. The average Bonchev–Trinajstić information content (AvgIpc) is 3.05. The van der Waals surface area contributed by atoms with Crippen molar-refractivity contribution in [2.45, 2.75) is 38.8 Å². The first-order valence-electron chi connectivity index (χ1n) is 8.74. The molecule has 134 valence electrons. The van der Waals surface area contributed by atoms with Crippen molar-refractivity contribution in [1.82, 2.24) is 14.8 Å². The molecule has 7 heteroatoms. The SMILES string of the molecule is CC(C)C(=O)N1CCC(O)(c2csc(CN3CCOCC3)n2)CC1. The van der Waals surface area contributed by atoms with Crippen LogP contribution in [0.1, 0.15) is 37.4 Å². The summed E-state index contributed by atoms with van der Waals surface area (Å²) >= 11 is 1.61. The van der Waals surface area contributed by atoms with Crippen LogP contribution in [-0.2, 0) is 21.7 Å². The molecule has 0 radical (unpaired) electrons. The predicted octanol–water partition coefficient (Wildman–Crippen LogP) is 1.44. The maximum Gasteiger partial charge on any atom is 0.225 e. The number of carbonyl (C=O) groups excluding carboxylic acids is 1. The number of hydrogen-bond donors (Lipinski definition) is 1. The maximum atomic E-state index is 12.1. The van der Waals surface area contributed by atoms with Crippen LogP contribution in [0.4, 0.5) is 0 Å². The van der Waals surface area contributed by atoms with Gasteiger partial charge in [0.25, 0.3) is 0 Å². The molecule has 0 aromatic carbocycles. The lowest BCUT2D eigenvalue weighted by Crippen LogP contribution is -2.46. The molecule has 0 unspecified atom stereocenters. The molecule has 0 aliphatic carbocycles. The van der Waals surface area contributed by atoms with Crippen molar-refractivity contribution in [1.29, 1.82) is 0 Å². The van der Waals surface area contributed by atoms with E-state index in [2.05, 4.69) is 9.88 Å². The third kappa shape index (κ3) is 3.96. The van der Waals surface area contributed by atoms with Crippen LogP contribution in [0.2, 0.25) is 0 Å². The first-order chi connectivity index (χ1) is 11.5. The van der Waals surface area contributed by atoms with Crippen LogP contribution in [0.25, 0.3) is 0 Å². The molecule has 0 atom stereocenters. The Kier molecular flexibility index (Phi) is 5.54. The zero-order valence-electron chi connectivity index (χ0n) is 14.5. The van der Waals surface area contributed by atoms with Crippen LogP contribution in [0.15, 0.2) is 5.38 Å². The monoisotopic (exact) mass is 353 g/mol. The third-order valence-electron chi connectivity index (χ3n) is 4.89. The van der Waals surface area contributed by atoms with Gasteiger partial charge in [-0.25, -0.2) is 4.98 Å². The van der Waals surface area contributed by atoms with E-state index in [4.69, 9.17) is 4.74 Å². The summed E-state index contributed by atoms with van der Waals surface area (Å²) in [5.41, 5.74) is -0.125. The number of rotatable bonds is 4. The fraction of sp³-hybridized carbons (Fsp3) is 0.765. The molecule has 1 aromatic heterocycles. The second kappa shape index (κ2) is 7.47. The summed E-state index contributed by atoms with van der Waals surface area (Å²) in [5, 5.41) is 14.0. The number of aliphatic hydroxyl groups is 1. The Labute approximate surface area is 147 Å². The van der Waals surface area contributed by atoms with Gasteiger partial charge in [-0.05, 0) is 12.8 Å². The lowest BCUT2D eigenvalue weighted by Gasteiger charge is -2.38. The number of aromatic nitrogens is 1. The highest BCUT2D eigenvalue weighted by Gasteiger charge is 2.37. The summed E-state index contributed by atoms with van der Waals surface area (Å²) in [7, 11) is 0. The Morgan fingerprint density at radius 3 is 2.62 bits per heavy atom. The van der Waals surface area contributed by atoms with E-state index in [0.717, 1.165) is 43.5 Å². The minimum Gasteiger partial charge on any atom is -0.383 e. The van der Waals surface area contributed by atoms with Crippen LogP contribution < -0.4 is 0 Å². The smallest absolute Gasteiger partial charge is 0.225 e. The van der Waals surface area contributed by atoms with Crippen molar-refractivity contribution in [2.75, 3.05) is 39.4 Å². The minimum absolute atomic E-state index is 0.00981. The Morgan fingerprint density at radius 2 is 2.00 bits per heavy atom. The second-order valence-electron chi connectivity index (χ2n) is 7.03. The van der Waals surface area contributed by atoms with E-state index < -0.39 is 5.60 Å². The Morgan fingerprint density at radius 1 is 1.33 bits per heavy atom. The molecule has 0 bridgehead atoms. The van der Waals surface area contributed by atoms with Gasteiger partial charge in [0.2, 0.25) is 5.91 Å². The second-order valence-corrected chi connectivity index (χ2v) is 7.97. The van der Waals surface area contributed by atoms with Gasteiger partial charge in [-0.2, -0.15) is 0 Å². The van der Waals surface area contributed by atoms with Gasteiger partial charge in [-0.3, -0.25) is 9.69 Å². The van der Waals surface area contributed by atoms with E-state index in [0.29, 0.717) is 25.9 Å². The average molecular weight is 353 g/mol. The molecular weight excluding hydrogens is 326 g/mol. The minimum atomic E-state index is -0.895. The Bertz CT molecular complexity index is 561. The number of thiazole rings is 1. The number of morpholine rings is 1. The fourth-order valence-electron chi connectivity index (χ4n) is 3.27. The topological polar surface area (TPSA) is 65.9 Å². The lowest BCUT2D eigenvalue weighted by molar-refractivity contribution is -0.139. The highest BCUT2D eigenvalue weighted by molar-refractivity contribution is 7.09. The molecule has 6 nitrogen and oxygen atoms in total. The van der Waals surface area contributed by atoms with Gasteiger partial charge >= 0.3 is 0 Å². The molecule has 3 rings (SSSR count). The highest BCUT2D eigenvalue weighted by Crippen LogP contribution is 2.34. The quantitative estimate of drug-likeness (QED) is 0.887. The zero-order valence-corrected chi connectivity index (χ0v) is 15.3. The van der Waals surface area contributed by atoms with Crippen molar-refractivity contribution in [2.24, 2.45) is 5.92 Å². The van der Waals surface area contributed by atoms with E-state index in [1.807, 2.05) is 24.1 Å². The molecule has 1 amide bonds. The molecule has 2 saturated heterocycles. The fourth-order valence-corrected chi connectivity index (χ4v) is 4.19. The largest absolute Gasteiger partial charge is 0.383 e. The number of likely N-dealkylation sites (tertiary alicyclic amines) is 1. The first kappa shape index (κ1) is 17.8. The molecular formula is C17H27N3O3S. The van der Waals surface area contributed by atoms with E-state index in [9.17, 15) is 9.90 Å². The van der Waals surface area contributed by atoms with Gasteiger partial charge in [-0.1, -0.05) is 13.8 Å². The third-order valence-corrected chi connectivity index (χ3v) is 5.72. The normalized spacial score (nSPS) is 22.1. The standard InChI is InChI=1S/C17H27N3O3S/c1-13(2)16(21)20-5-3-17(22,4-6-20)14-12-24-15(18-14)11-19-7-9-23-10-8-19/h12-13,22H,3-11H2,1-2H3. The van der Waals surface area contributed by atoms with Gasteiger partial charge < -0.3 is 14.7 Å². The number of amides is 1. The van der Waals surface area contributed by atoms with Crippen LogP contribution >= 0.6 is 11.3 Å². The van der Waals surface area contributed by atoms with Crippen molar-refractivity contribution >= 4 is 17.2 Å². The molecule has 0 saturated carbocycles. The van der Waals surface area contributed by atoms with Gasteiger partial charge in [0.1, 0.15) is 10.6 Å². The van der Waals surface area contributed by atoms with Gasteiger partial charge in [0.05, 0.1) is 25.5 Å². The van der Waals surface area contributed by atoms with Crippen molar-refractivity contribution in [3.63, 3.8) is 0 Å². The number of nitrogens with zero attached hydrogens (tertiary/aromatic N) is 3. The van der Waals surface area contributed by atoms with Gasteiger partial charge in [0, 0.05) is 37.5 Å². The number of ether oxygens (including phenoxy) is 1. The Hall–Kier alpha value is -1.02. The van der Waals surface area contributed by atoms with E-state index >= 15 is 0 Å². The summed E-state index contributed by atoms with van der Waals surface area (Å²) in [5.74, 6) is 0.180. The predicted molar refractivity (Wildman–Crippen MR) is 92.8 cm³/mol.